The van der Waals surface area contributed by atoms with E-state index in [1.807, 2.05) is 30.3 Å². The third-order valence-corrected chi connectivity index (χ3v) is 4.92. The number of hydrogen-bond donors (Lipinski definition) is 1. The van der Waals surface area contributed by atoms with E-state index in [9.17, 15) is 14.0 Å². The quantitative estimate of drug-likeness (QED) is 0.807. The topological polar surface area (TPSA) is 55.4 Å². The average molecular weight is 355 g/mol. The SMILES string of the molecule is O=C(CNC(=O)C1(c2ccc(F)cc2)CCCC1)OCc1ccccc1. The van der Waals surface area contributed by atoms with Gasteiger partial charge in [0.2, 0.25) is 5.91 Å². The van der Waals surface area contributed by atoms with E-state index in [1.54, 1.807) is 12.1 Å². The van der Waals surface area contributed by atoms with Gasteiger partial charge in [0.15, 0.2) is 0 Å². The summed E-state index contributed by atoms with van der Waals surface area (Å²) in [6.07, 6.45) is 3.26. The molecule has 1 fully saturated rings. The van der Waals surface area contributed by atoms with E-state index in [0.29, 0.717) is 12.8 Å². The molecule has 0 aliphatic heterocycles. The number of amides is 1. The van der Waals surface area contributed by atoms with Crippen LogP contribution in [0.5, 0.6) is 0 Å². The van der Waals surface area contributed by atoms with Crippen LogP contribution in [0.25, 0.3) is 0 Å². The van der Waals surface area contributed by atoms with E-state index in [4.69, 9.17) is 4.74 Å². The first-order valence-corrected chi connectivity index (χ1v) is 8.84. The lowest BCUT2D eigenvalue weighted by molar-refractivity contribution is -0.145. The highest BCUT2D eigenvalue weighted by Gasteiger charge is 2.42. The maximum atomic E-state index is 13.2. The summed E-state index contributed by atoms with van der Waals surface area (Å²) in [5, 5.41) is 2.71. The van der Waals surface area contributed by atoms with Crippen LogP contribution in [0.2, 0.25) is 0 Å². The first kappa shape index (κ1) is 18.1. The number of benzene rings is 2. The predicted octanol–water partition coefficient (Wildman–Crippen LogP) is 3.50. The van der Waals surface area contributed by atoms with Crippen molar-refractivity contribution in [2.24, 2.45) is 0 Å². The van der Waals surface area contributed by atoms with E-state index in [-0.39, 0.29) is 24.9 Å². The normalized spacial score (nSPS) is 15.4. The molecule has 0 bridgehead atoms. The van der Waals surface area contributed by atoms with Crippen LogP contribution >= 0.6 is 0 Å². The molecular formula is C21H22FNO3. The van der Waals surface area contributed by atoms with Gasteiger partial charge in [0.1, 0.15) is 19.0 Å². The molecule has 1 N–H and O–H groups in total. The molecule has 1 saturated carbocycles. The van der Waals surface area contributed by atoms with Crippen molar-refractivity contribution in [2.75, 3.05) is 6.54 Å². The summed E-state index contributed by atoms with van der Waals surface area (Å²) in [6, 6.07) is 15.4. The van der Waals surface area contributed by atoms with Crippen molar-refractivity contribution >= 4 is 11.9 Å². The number of ether oxygens (including phenoxy) is 1. The van der Waals surface area contributed by atoms with Crippen molar-refractivity contribution in [1.29, 1.82) is 0 Å². The Balaban J connectivity index is 1.58. The largest absolute Gasteiger partial charge is 0.460 e. The van der Waals surface area contributed by atoms with Crippen LogP contribution in [-0.4, -0.2) is 18.4 Å². The smallest absolute Gasteiger partial charge is 0.325 e. The minimum Gasteiger partial charge on any atom is -0.460 e. The second kappa shape index (κ2) is 8.13. The molecule has 0 aromatic heterocycles. The fourth-order valence-electron chi connectivity index (χ4n) is 3.51. The van der Waals surface area contributed by atoms with Crippen molar-refractivity contribution in [1.82, 2.24) is 5.32 Å². The van der Waals surface area contributed by atoms with Gasteiger partial charge >= 0.3 is 5.97 Å². The molecule has 2 aromatic rings. The lowest BCUT2D eigenvalue weighted by Crippen LogP contribution is -2.44. The molecule has 0 heterocycles. The molecule has 3 rings (SSSR count). The number of carbonyl (C=O) groups is 2. The van der Waals surface area contributed by atoms with Crippen molar-refractivity contribution < 1.29 is 18.7 Å². The summed E-state index contributed by atoms with van der Waals surface area (Å²) in [7, 11) is 0. The molecule has 5 heteroatoms. The van der Waals surface area contributed by atoms with Crippen molar-refractivity contribution in [3.05, 3.63) is 71.5 Å². The van der Waals surface area contributed by atoms with E-state index in [2.05, 4.69) is 5.32 Å². The summed E-state index contributed by atoms with van der Waals surface area (Å²) in [5.74, 6) is -1.00. The van der Waals surface area contributed by atoms with Gasteiger partial charge in [-0.25, -0.2) is 4.39 Å². The van der Waals surface area contributed by atoms with Crippen LogP contribution in [0.15, 0.2) is 54.6 Å². The minimum absolute atomic E-state index is 0.172. The van der Waals surface area contributed by atoms with Gasteiger partial charge in [-0.2, -0.15) is 0 Å². The van der Waals surface area contributed by atoms with Crippen LogP contribution < -0.4 is 5.32 Å². The Morgan fingerprint density at radius 1 is 1.00 bits per heavy atom. The van der Waals surface area contributed by atoms with Crippen molar-refractivity contribution in [2.45, 2.75) is 37.7 Å². The summed E-state index contributed by atoms with van der Waals surface area (Å²) in [4.78, 5) is 24.8. The molecule has 1 aliphatic rings. The Morgan fingerprint density at radius 3 is 2.31 bits per heavy atom. The molecular weight excluding hydrogens is 333 g/mol. The summed E-state index contributed by atoms with van der Waals surface area (Å²) >= 11 is 0. The summed E-state index contributed by atoms with van der Waals surface area (Å²) < 4.78 is 18.4. The van der Waals surface area contributed by atoms with Crippen LogP contribution in [0.3, 0.4) is 0 Å². The molecule has 4 nitrogen and oxygen atoms in total. The zero-order valence-corrected chi connectivity index (χ0v) is 14.5. The van der Waals surface area contributed by atoms with Crippen molar-refractivity contribution in [3.8, 4) is 0 Å². The molecule has 136 valence electrons. The van der Waals surface area contributed by atoms with Gasteiger partial charge in [0.05, 0.1) is 5.41 Å². The lowest BCUT2D eigenvalue weighted by Gasteiger charge is -2.28. The Morgan fingerprint density at radius 2 is 1.65 bits per heavy atom. The fraction of sp³-hybridized carbons (Fsp3) is 0.333. The Labute approximate surface area is 152 Å². The van der Waals surface area contributed by atoms with Gasteiger partial charge in [0.25, 0.3) is 0 Å². The maximum Gasteiger partial charge on any atom is 0.325 e. The third kappa shape index (κ3) is 4.10. The zero-order chi connectivity index (χ0) is 18.4. The number of esters is 1. The monoisotopic (exact) mass is 355 g/mol. The lowest BCUT2D eigenvalue weighted by atomic mass is 9.78. The first-order valence-electron chi connectivity index (χ1n) is 8.84. The Hall–Kier alpha value is -2.69. The Kier molecular flexibility index (Phi) is 5.66. The standard InChI is InChI=1S/C21H22FNO3/c22-18-10-8-17(9-11-18)21(12-4-5-13-21)20(25)23-14-19(24)26-15-16-6-2-1-3-7-16/h1-3,6-11H,4-5,12-15H2,(H,23,25). The van der Waals surface area contributed by atoms with Gasteiger partial charge in [-0.15, -0.1) is 0 Å². The number of nitrogens with one attached hydrogen (secondary N) is 1. The third-order valence-electron chi connectivity index (χ3n) is 4.92. The predicted molar refractivity (Wildman–Crippen MR) is 95.8 cm³/mol. The number of rotatable bonds is 6. The molecule has 0 unspecified atom stereocenters. The van der Waals surface area contributed by atoms with Gasteiger partial charge in [-0.05, 0) is 36.1 Å². The molecule has 1 amide bonds. The molecule has 0 atom stereocenters. The first-order chi connectivity index (χ1) is 12.6. The van der Waals surface area contributed by atoms with E-state index < -0.39 is 11.4 Å². The average Bonchev–Trinajstić information content (AvgIpc) is 3.17. The van der Waals surface area contributed by atoms with Crippen molar-refractivity contribution in [3.63, 3.8) is 0 Å². The number of carbonyl (C=O) groups excluding carboxylic acids is 2. The van der Waals surface area contributed by atoms with E-state index >= 15 is 0 Å². The van der Waals surface area contributed by atoms with E-state index in [1.165, 1.54) is 12.1 Å². The maximum absolute atomic E-state index is 13.2. The molecule has 0 radical (unpaired) electrons. The second-order valence-corrected chi connectivity index (χ2v) is 6.63. The second-order valence-electron chi connectivity index (χ2n) is 6.63. The highest BCUT2D eigenvalue weighted by molar-refractivity contribution is 5.91. The molecule has 0 spiro atoms. The minimum atomic E-state index is -0.687. The van der Waals surface area contributed by atoms with Gasteiger partial charge < -0.3 is 10.1 Å². The highest BCUT2D eigenvalue weighted by Crippen LogP contribution is 2.41. The molecule has 2 aromatic carbocycles. The molecule has 1 aliphatic carbocycles. The van der Waals surface area contributed by atoms with Crippen LogP contribution in [0.1, 0.15) is 36.8 Å². The molecule has 0 saturated heterocycles. The molecule has 26 heavy (non-hydrogen) atoms. The van der Waals surface area contributed by atoms with E-state index in [0.717, 1.165) is 24.0 Å². The van der Waals surface area contributed by atoms with Gasteiger partial charge in [0, 0.05) is 0 Å². The fourth-order valence-corrected chi connectivity index (χ4v) is 3.51. The Bertz CT molecular complexity index is 753. The summed E-state index contributed by atoms with van der Waals surface area (Å²) in [5.41, 5.74) is 1.00. The number of hydrogen-bond acceptors (Lipinski definition) is 3. The summed E-state index contributed by atoms with van der Waals surface area (Å²) in [6.45, 7) is 0.00720. The highest BCUT2D eigenvalue weighted by atomic mass is 19.1. The van der Waals surface area contributed by atoms with Gasteiger partial charge in [-0.1, -0.05) is 55.3 Å². The zero-order valence-electron chi connectivity index (χ0n) is 14.5. The van der Waals surface area contributed by atoms with Crippen LogP contribution in [0, 0.1) is 5.82 Å². The van der Waals surface area contributed by atoms with Crippen LogP contribution in [0.4, 0.5) is 4.39 Å². The van der Waals surface area contributed by atoms with Gasteiger partial charge in [-0.3, -0.25) is 9.59 Å². The van der Waals surface area contributed by atoms with Crippen LogP contribution in [-0.2, 0) is 26.3 Å². The number of halogens is 1.